The highest BCUT2D eigenvalue weighted by Crippen LogP contribution is 2.27. The molecule has 0 spiro atoms. The molecule has 11 heteroatoms. The average molecular weight is 437 g/mol. The van der Waals surface area contributed by atoms with Gasteiger partial charge < -0.3 is 9.30 Å². The molecule has 1 aromatic carbocycles. The second kappa shape index (κ2) is 7.08. The van der Waals surface area contributed by atoms with Crippen LogP contribution in [0.15, 0.2) is 38.9 Å². The van der Waals surface area contributed by atoms with Crippen molar-refractivity contribution in [3.63, 3.8) is 0 Å². The Hall–Kier alpha value is -1.39. The number of fused-ring (bicyclic) bond motifs is 1. The standard InChI is InChI=1S/C14H10Cl2N2O4S3/c1-22-12(19)7-18-9-3-2-8(15)6-10(9)23-14(18)17-25(20,21)13-5-4-11(16)24-13/h2-6H,7H2,1H3/b17-14-. The summed E-state index contributed by atoms with van der Waals surface area (Å²) in [7, 11) is -2.69. The monoisotopic (exact) mass is 436 g/mol. The van der Waals surface area contributed by atoms with Crippen molar-refractivity contribution in [2.45, 2.75) is 10.8 Å². The van der Waals surface area contributed by atoms with Crippen molar-refractivity contribution < 1.29 is 17.9 Å². The Kier molecular flexibility index (Phi) is 5.21. The van der Waals surface area contributed by atoms with Crippen LogP contribution in [0.3, 0.4) is 0 Å². The van der Waals surface area contributed by atoms with Crippen LogP contribution in [0.5, 0.6) is 0 Å². The fourth-order valence-corrected chi connectivity index (χ4v) is 6.02. The molecule has 0 atom stereocenters. The van der Waals surface area contributed by atoms with E-state index in [-0.39, 0.29) is 15.6 Å². The molecule has 3 aromatic rings. The molecular formula is C14H10Cl2N2O4S3. The normalized spacial score (nSPS) is 12.7. The Morgan fingerprint density at radius 2 is 2.00 bits per heavy atom. The van der Waals surface area contributed by atoms with E-state index in [4.69, 9.17) is 23.2 Å². The van der Waals surface area contributed by atoms with E-state index in [1.807, 2.05) is 0 Å². The Morgan fingerprint density at radius 1 is 1.24 bits per heavy atom. The molecule has 0 aliphatic carbocycles. The van der Waals surface area contributed by atoms with E-state index in [1.165, 1.54) is 23.8 Å². The molecule has 6 nitrogen and oxygen atoms in total. The number of hydrogen-bond acceptors (Lipinski definition) is 6. The van der Waals surface area contributed by atoms with Crippen LogP contribution >= 0.6 is 45.9 Å². The van der Waals surface area contributed by atoms with Gasteiger partial charge in [-0.05, 0) is 30.3 Å². The van der Waals surface area contributed by atoms with E-state index in [0.29, 0.717) is 19.6 Å². The summed E-state index contributed by atoms with van der Waals surface area (Å²) in [6.07, 6.45) is 0. The van der Waals surface area contributed by atoms with Gasteiger partial charge in [-0.1, -0.05) is 34.5 Å². The minimum atomic E-state index is -3.95. The van der Waals surface area contributed by atoms with Gasteiger partial charge in [-0.2, -0.15) is 8.42 Å². The van der Waals surface area contributed by atoms with E-state index in [0.717, 1.165) is 22.7 Å². The van der Waals surface area contributed by atoms with E-state index in [1.54, 1.807) is 18.2 Å². The number of nitrogens with zero attached hydrogens (tertiary/aromatic N) is 2. The van der Waals surface area contributed by atoms with Gasteiger partial charge in [0.05, 0.1) is 21.7 Å². The molecule has 2 heterocycles. The Morgan fingerprint density at radius 3 is 2.64 bits per heavy atom. The Labute approximate surface area is 161 Å². The molecule has 0 bridgehead atoms. The quantitative estimate of drug-likeness (QED) is 0.585. The van der Waals surface area contributed by atoms with Crippen LogP contribution in [-0.2, 0) is 26.1 Å². The number of esters is 1. The fourth-order valence-electron chi connectivity index (χ4n) is 2.05. The maximum absolute atomic E-state index is 12.5. The molecule has 0 saturated carbocycles. The number of aromatic nitrogens is 1. The summed E-state index contributed by atoms with van der Waals surface area (Å²) in [5.74, 6) is -0.521. The largest absolute Gasteiger partial charge is 0.468 e. The van der Waals surface area contributed by atoms with Crippen LogP contribution in [0.2, 0.25) is 9.36 Å². The van der Waals surface area contributed by atoms with Crippen LogP contribution in [0.4, 0.5) is 0 Å². The van der Waals surface area contributed by atoms with Gasteiger partial charge in [0.15, 0.2) is 0 Å². The number of sulfonamides is 1. The number of carbonyl (C=O) groups is 1. The second-order valence-electron chi connectivity index (χ2n) is 4.78. The number of thiophene rings is 1. The maximum Gasteiger partial charge on any atom is 0.325 e. The third-order valence-corrected chi connectivity index (χ3v) is 7.52. The molecular weight excluding hydrogens is 427 g/mol. The predicted molar refractivity (Wildman–Crippen MR) is 98.9 cm³/mol. The Balaban J connectivity index is 2.23. The lowest BCUT2D eigenvalue weighted by Crippen LogP contribution is -2.22. The van der Waals surface area contributed by atoms with E-state index in [9.17, 15) is 13.2 Å². The molecule has 0 unspecified atom stereocenters. The van der Waals surface area contributed by atoms with Gasteiger partial charge in [0.2, 0.25) is 4.80 Å². The zero-order valence-corrected chi connectivity index (χ0v) is 16.6. The summed E-state index contributed by atoms with van der Waals surface area (Å²) in [4.78, 5) is 11.9. The number of thiazole rings is 1. The third-order valence-electron chi connectivity index (χ3n) is 3.16. The van der Waals surface area contributed by atoms with Crippen molar-refractivity contribution in [3.05, 3.63) is 44.5 Å². The molecule has 0 aliphatic rings. The summed E-state index contributed by atoms with van der Waals surface area (Å²) >= 11 is 13.8. The van der Waals surface area contributed by atoms with Gasteiger partial charge >= 0.3 is 5.97 Å². The highest BCUT2D eigenvalue weighted by atomic mass is 35.5. The lowest BCUT2D eigenvalue weighted by molar-refractivity contribution is -0.141. The van der Waals surface area contributed by atoms with Crippen molar-refractivity contribution in [3.8, 4) is 0 Å². The zero-order chi connectivity index (χ0) is 18.2. The zero-order valence-electron chi connectivity index (χ0n) is 12.6. The first-order valence-corrected chi connectivity index (χ1v) is 10.5. The molecule has 2 aromatic heterocycles. The van der Waals surface area contributed by atoms with Crippen LogP contribution in [0, 0.1) is 0 Å². The van der Waals surface area contributed by atoms with Gasteiger partial charge in [0.25, 0.3) is 10.0 Å². The van der Waals surface area contributed by atoms with Gasteiger partial charge in [-0.25, -0.2) is 0 Å². The number of carbonyl (C=O) groups excluding carboxylic acids is 1. The molecule has 0 N–H and O–H groups in total. The number of benzene rings is 1. The van der Waals surface area contributed by atoms with Crippen molar-refractivity contribution in [2.24, 2.45) is 4.40 Å². The Bertz CT molecular complexity index is 1130. The van der Waals surface area contributed by atoms with E-state index >= 15 is 0 Å². The van der Waals surface area contributed by atoms with Crippen molar-refractivity contribution in [2.75, 3.05) is 7.11 Å². The smallest absolute Gasteiger partial charge is 0.325 e. The second-order valence-corrected chi connectivity index (χ2v) is 9.78. The van der Waals surface area contributed by atoms with E-state index < -0.39 is 16.0 Å². The number of rotatable bonds is 4. The summed E-state index contributed by atoms with van der Waals surface area (Å²) in [6.45, 7) is -0.169. The number of hydrogen-bond donors (Lipinski definition) is 0. The van der Waals surface area contributed by atoms with Crippen LogP contribution in [0.1, 0.15) is 0 Å². The molecule has 25 heavy (non-hydrogen) atoms. The highest BCUT2D eigenvalue weighted by Gasteiger charge is 2.18. The summed E-state index contributed by atoms with van der Waals surface area (Å²) in [5, 5.41) is 0.499. The lowest BCUT2D eigenvalue weighted by Gasteiger charge is -2.03. The minimum absolute atomic E-state index is 0.0256. The number of halogens is 2. The van der Waals surface area contributed by atoms with E-state index in [2.05, 4.69) is 9.13 Å². The van der Waals surface area contributed by atoms with Crippen molar-refractivity contribution >= 4 is 72.1 Å². The summed E-state index contributed by atoms with van der Waals surface area (Å²) in [5.41, 5.74) is 0.637. The van der Waals surface area contributed by atoms with Crippen LogP contribution in [-0.4, -0.2) is 26.1 Å². The van der Waals surface area contributed by atoms with Gasteiger partial charge in [0.1, 0.15) is 10.8 Å². The maximum atomic E-state index is 12.5. The van der Waals surface area contributed by atoms with Crippen LogP contribution < -0.4 is 4.80 Å². The SMILES string of the molecule is COC(=O)Cn1/c(=N/S(=O)(=O)c2ccc(Cl)s2)sc2cc(Cl)ccc21. The molecule has 0 fully saturated rings. The highest BCUT2D eigenvalue weighted by molar-refractivity contribution is 7.92. The average Bonchev–Trinajstić information content (AvgIpc) is 3.11. The topological polar surface area (TPSA) is 77.7 Å². The van der Waals surface area contributed by atoms with Crippen LogP contribution in [0.25, 0.3) is 10.2 Å². The summed E-state index contributed by atoms with van der Waals surface area (Å²) in [6, 6.07) is 7.91. The van der Waals surface area contributed by atoms with Gasteiger partial charge in [-0.15, -0.1) is 15.7 Å². The van der Waals surface area contributed by atoms with Crippen molar-refractivity contribution in [1.29, 1.82) is 0 Å². The van der Waals surface area contributed by atoms with Gasteiger partial charge in [0, 0.05) is 5.02 Å². The van der Waals surface area contributed by atoms with Crippen molar-refractivity contribution in [1.82, 2.24) is 4.57 Å². The molecule has 0 saturated heterocycles. The number of ether oxygens (including phenoxy) is 1. The summed E-state index contributed by atoms with van der Waals surface area (Å²) < 4.78 is 36.1. The molecule has 132 valence electrons. The predicted octanol–water partition coefficient (Wildman–Crippen LogP) is 3.53. The molecule has 3 rings (SSSR count). The first-order valence-electron chi connectivity index (χ1n) is 6.72. The first kappa shape index (κ1) is 18.4. The van der Waals surface area contributed by atoms with Gasteiger partial charge in [-0.3, -0.25) is 4.79 Å². The first-order chi connectivity index (χ1) is 11.8. The molecule has 0 radical (unpaired) electrons. The number of methoxy groups -OCH3 is 1. The third kappa shape index (κ3) is 3.90. The fraction of sp³-hybridized carbons (Fsp3) is 0.143. The molecule has 0 amide bonds. The minimum Gasteiger partial charge on any atom is -0.468 e. The molecule has 0 aliphatic heterocycles. The lowest BCUT2D eigenvalue weighted by atomic mass is 10.3.